The van der Waals surface area contributed by atoms with Gasteiger partial charge in [-0.15, -0.1) is 0 Å². The molecule has 1 aromatic rings. The van der Waals surface area contributed by atoms with Crippen molar-refractivity contribution < 1.29 is 4.92 Å². The Morgan fingerprint density at radius 3 is 2.37 bits per heavy atom. The lowest BCUT2D eigenvalue weighted by Gasteiger charge is -2.27. The lowest BCUT2D eigenvalue weighted by atomic mass is 9.96. The fourth-order valence-electron chi connectivity index (χ4n) is 1.93. The van der Waals surface area contributed by atoms with Gasteiger partial charge in [0, 0.05) is 20.6 Å². The Kier molecular flexibility index (Phi) is 4.28. The van der Waals surface area contributed by atoms with Crippen LogP contribution < -0.4 is 10.2 Å². The summed E-state index contributed by atoms with van der Waals surface area (Å²) in [5, 5.41) is 14.0. The standard InChI is InChI=1S/C12H21N5O2/c1-8-9(17(18)19)10(15-11(13-5)14-8)16(6)7-12(2,3)4/h7H2,1-6H3,(H,13,14,15). The fourth-order valence-corrected chi connectivity index (χ4v) is 1.93. The van der Waals surface area contributed by atoms with Gasteiger partial charge in [-0.3, -0.25) is 10.1 Å². The molecule has 1 heterocycles. The maximum absolute atomic E-state index is 11.2. The third kappa shape index (κ3) is 3.77. The van der Waals surface area contributed by atoms with Gasteiger partial charge in [0.05, 0.1) is 4.92 Å². The normalized spacial score (nSPS) is 11.3. The molecule has 0 bridgehead atoms. The molecular formula is C12H21N5O2. The Bertz CT molecular complexity index is 482. The van der Waals surface area contributed by atoms with Gasteiger partial charge >= 0.3 is 5.69 Å². The Morgan fingerprint density at radius 1 is 1.37 bits per heavy atom. The van der Waals surface area contributed by atoms with E-state index in [-0.39, 0.29) is 11.1 Å². The maximum atomic E-state index is 11.2. The van der Waals surface area contributed by atoms with Crippen molar-refractivity contribution in [1.82, 2.24) is 9.97 Å². The van der Waals surface area contributed by atoms with E-state index in [1.165, 1.54) is 0 Å². The molecule has 0 radical (unpaired) electrons. The van der Waals surface area contributed by atoms with Gasteiger partial charge in [0.1, 0.15) is 5.69 Å². The molecule has 7 heteroatoms. The molecule has 0 aliphatic heterocycles. The van der Waals surface area contributed by atoms with Crippen LogP contribution in [0.25, 0.3) is 0 Å². The average molecular weight is 267 g/mol. The van der Waals surface area contributed by atoms with Crippen LogP contribution in [-0.2, 0) is 0 Å². The largest absolute Gasteiger partial charge is 0.357 e. The molecule has 0 atom stereocenters. The minimum absolute atomic E-state index is 0.0152. The van der Waals surface area contributed by atoms with E-state index in [0.717, 1.165) is 0 Å². The lowest BCUT2D eigenvalue weighted by molar-refractivity contribution is -0.385. The number of anilines is 2. The molecule has 1 aromatic heterocycles. The van der Waals surface area contributed by atoms with E-state index in [2.05, 4.69) is 36.1 Å². The summed E-state index contributed by atoms with van der Waals surface area (Å²) in [6, 6.07) is 0. The second kappa shape index (κ2) is 5.38. The average Bonchev–Trinajstić information content (AvgIpc) is 2.24. The molecule has 19 heavy (non-hydrogen) atoms. The minimum atomic E-state index is -0.427. The van der Waals surface area contributed by atoms with Crippen LogP contribution in [0.4, 0.5) is 17.5 Å². The van der Waals surface area contributed by atoms with Crippen LogP contribution in [0.5, 0.6) is 0 Å². The molecule has 0 unspecified atom stereocenters. The van der Waals surface area contributed by atoms with E-state index < -0.39 is 4.92 Å². The zero-order chi connectivity index (χ0) is 14.8. The van der Waals surface area contributed by atoms with Crippen molar-refractivity contribution in [2.75, 3.05) is 30.9 Å². The SMILES string of the molecule is CNc1nc(C)c([N+](=O)[O-])c(N(C)CC(C)(C)C)n1. The maximum Gasteiger partial charge on any atom is 0.332 e. The van der Waals surface area contributed by atoms with Gasteiger partial charge in [0.2, 0.25) is 11.8 Å². The quantitative estimate of drug-likeness (QED) is 0.665. The Labute approximate surface area is 113 Å². The third-order valence-corrected chi connectivity index (χ3v) is 2.52. The predicted octanol–water partition coefficient (Wildman–Crippen LogP) is 2.22. The van der Waals surface area contributed by atoms with E-state index in [0.29, 0.717) is 24.0 Å². The third-order valence-electron chi connectivity index (χ3n) is 2.52. The molecule has 0 saturated heterocycles. The van der Waals surface area contributed by atoms with Crippen LogP contribution in [-0.4, -0.2) is 35.5 Å². The van der Waals surface area contributed by atoms with Gasteiger partial charge in [-0.05, 0) is 12.3 Å². The van der Waals surface area contributed by atoms with Crippen molar-refractivity contribution in [3.05, 3.63) is 15.8 Å². The summed E-state index contributed by atoms with van der Waals surface area (Å²) in [5.41, 5.74) is 0.340. The predicted molar refractivity (Wildman–Crippen MR) is 75.7 cm³/mol. The first kappa shape index (κ1) is 15.1. The van der Waals surface area contributed by atoms with Crippen molar-refractivity contribution in [2.45, 2.75) is 27.7 Å². The van der Waals surface area contributed by atoms with E-state index in [4.69, 9.17) is 0 Å². The van der Waals surface area contributed by atoms with E-state index in [1.54, 1.807) is 25.9 Å². The highest BCUT2D eigenvalue weighted by molar-refractivity contribution is 5.62. The van der Waals surface area contributed by atoms with Gasteiger partial charge < -0.3 is 10.2 Å². The minimum Gasteiger partial charge on any atom is -0.357 e. The highest BCUT2D eigenvalue weighted by atomic mass is 16.6. The van der Waals surface area contributed by atoms with Crippen molar-refractivity contribution >= 4 is 17.5 Å². The van der Waals surface area contributed by atoms with Crippen LogP contribution in [0.2, 0.25) is 0 Å². The highest BCUT2D eigenvalue weighted by Gasteiger charge is 2.26. The molecule has 106 valence electrons. The summed E-state index contributed by atoms with van der Waals surface area (Å²) in [6.07, 6.45) is 0. The van der Waals surface area contributed by atoms with Crippen LogP contribution in [0.15, 0.2) is 0 Å². The number of rotatable bonds is 4. The highest BCUT2D eigenvalue weighted by Crippen LogP contribution is 2.30. The first-order chi connectivity index (χ1) is 8.65. The summed E-state index contributed by atoms with van der Waals surface area (Å²) in [6.45, 7) is 8.50. The molecule has 0 fully saturated rings. The summed E-state index contributed by atoms with van der Waals surface area (Å²) in [4.78, 5) is 20.8. The zero-order valence-corrected chi connectivity index (χ0v) is 12.3. The molecule has 1 rings (SSSR count). The summed E-state index contributed by atoms with van der Waals surface area (Å²) in [5.74, 6) is 0.732. The molecule has 0 spiro atoms. The van der Waals surface area contributed by atoms with Crippen LogP contribution in [0.1, 0.15) is 26.5 Å². The summed E-state index contributed by atoms with van der Waals surface area (Å²) < 4.78 is 0. The van der Waals surface area contributed by atoms with Crippen LogP contribution in [0, 0.1) is 22.5 Å². The molecule has 7 nitrogen and oxygen atoms in total. The Hall–Kier alpha value is -1.92. The van der Waals surface area contributed by atoms with Gasteiger partial charge in [-0.1, -0.05) is 20.8 Å². The van der Waals surface area contributed by atoms with Crippen LogP contribution in [0.3, 0.4) is 0 Å². The lowest BCUT2D eigenvalue weighted by Crippen LogP contribution is -2.30. The first-order valence-electron chi connectivity index (χ1n) is 6.07. The number of aromatic nitrogens is 2. The van der Waals surface area contributed by atoms with Gasteiger partial charge in [-0.25, -0.2) is 4.98 Å². The monoisotopic (exact) mass is 267 g/mol. The van der Waals surface area contributed by atoms with Crippen LogP contribution >= 0.6 is 0 Å². The number of nitrogens with zero attached hydrogens (tertiary/aromatic N) is 4. The Morgan fingerprint density at radius 2 is 1.95 bits per heavy atom. The molecule has 0 aliphatic carbocycles. The Balaban J connectivity index is 3.30. The van der Waals surface area contributed by atoms with E-state index in [9.17, 15) is 10.1 Å². The molecular weight excluding hydrogens is 246 g/mol. The molecule has 0 aromatic carbocycles. The zero-order valence-electron chi connectivity index (χ0n) is 12.3. The second-order valence-electron chi connectivity index (χ2n) is 5.73. The van der Waals surface area contributed by atoms with E-state index >= 15 is 0 Å². The molecule has 1 N–H and O–H groups in total. The van der Waals surface area contributed by atoms with Crippen molar-refractivity contribution in [1.29, 1.82) is 0 Å². The summed E-state index contributed by atoms with van der Waals surface area (Å²) in [7, 11) is 3.49. The van der Waals surface area contributed by atoms with Crippen molar-refractivity contribution in [3.8, 4) is 0 Å². The van der Waals surface area contributed by atoms with Crippen molar-refractivity contribution in [3.63, 3.8) is 0 Å². The second-order valence-corrected chi connectivity index (χ2v) is 5.73. The number of hydrogen-bond donors (Lipinski definition) is 1. The van der Waals surface area contributed by atoms with Gasteiger partial charge in [0.25, 0.3) is 0 Å². The number of nitro groups is 1. The first-order valence-corrected chi connectivity index (χ1v) is 6.07. The number of hydrogen-bond acceptors (Lipinski definition) is 6. The molecule has 0 amide bonds. The van der Waals surface area contributed by atoms with E-state index in [1.807, 2.05) is 0 Å². The smallest absolute Gasteiger partial charge is 0.332 e. The van der Waals surface area contributed by atoms with Crippen molar-refractivity contribution in [2.24, 2.45) is 5.41 Å². The topological polar surface area (TPSA) is 84.2 Å². The number of nitrogens with one attached hydrogen (secondary N) is 1. The molecule has 0 aliphatic rings. The summed E-state index contributed by atoms with van der Waals surface area (Å²) >= 11 is 0. The number of aryl methyl sites for hydroxylation is 1. The molecule has 0 saturated carbocycles. The fraction of sp³-hybridized carbons (Fsp3) is 0.667. The van der Waals surface area contributed by atoms with Gasteiger partial charge in [0.15, 0.2) is 0 Å². The van der Waals surface area contributed by atoms with Gasteiger partial charge in [-0.2, -0.15) is 4.98 Å².